The van der Waals surface area contributed by atoms with Crippen LogP contribution in [0.3, 0.4) is 0 Å². The van der Waals surface area contributed by atoms with Crippen LogP contribution >= 0.6 is 0 Å². The number of sulfonamides is 1. The van der Waals surface area contributed by atoms with Gasteiger partial charge in [-0.3, -0.25) is 4.72 Å². The maximum atomic E-state index is 12.6. The smallest absolute Gasteiger partial charge is 0.262 e. The van der Waals surface area contributed by atoms with E-state index < -0.39 is 10.0 Å². The molecule has 0 aliphatic heterocycles. The summed E-state index contributed by atoms with van der Waals surface area (Å²) in [6.07, 6.45) is 0. The first kappa shape index (κ1) is 18.9. The molecule has 6 nitrogen and oxygen atoms in total. The molecule has 0 saturated carbocycles. The molecule has 0 aromatic heterocycles. The summed E-state index contributed by atoms with van der Waals surface area (Å²) in [6.45, 7) is 8.17. The van der Waals surface area contributed by atoms with Crippen molar-refractivity contribution in [1.29, 1.82) is 0 Å². The molecule has 0 unspecified atom stereocenters. The summed E-state index contributed by atoms with van der Waals surface area (Å²) in [5.74, 6) is 0.505. The molecule has 136 valence electrons. The van der Waals surface area contributed by atoms with Crippen LogP contribution in [0.1, 0.15) is 20.8 Å². The molecule has 0 spiro atoms. The lowest BCUT2D eigenvalue weighted by Gasteiger charge is -2.23. The third-order valence-electron chi connectivity index (χ3n) is 3.83. The van der Waals surface area contributed by atoms with Gasteiger partial charge in [-0.1, -0.05) is 0 Å². The molecular formula is C18H25N3O3S. The van der Waals surface area contributed by atoms with Gasteiger partial charge >= 0.3 is 0 Å². The van der Waals surface area contributed by atoms with Crippen LogP contribution in [0.15, 0.2) is 47.4 Å². The maximum absolute atomic E-state index is 12.6. The van der Waals surface area contributed by atoms with Crippen molar-refractivity contribution >= 4 is 27.1 Å². The van der Waals surface area contributed by atoms with Crippen molar-refractivity contribution in [3.63, 3.8) is 0 Å². The van der Waals surface area contributed by atoms with E-state index >= 15 is 0 Å². The van der Waals surface area contributed by atoms with Gasteiger partial charge in [-0.2, -0.15) is 0 Å². The van der Waals surface area contributed by atoms with Gasteiger partial charge in [0.1, 0.15) is 5.75 Å². The summed E-state index contributed by atoms with van der Waals surface area (Å²) >= 11 is 0. The van der Waals surface area contributed by atoms with Gasteiger partial charge in [-0.05, 0) is 57.2 Å². The van der Waals surface area contributed by atoms with E-state index in [0.29, 0.717) is 23.7 Å². The van der Waals surface area contributed by atoms with Gasteiger partial charge in [0.05, 0.1) is 17.2 Å². The fraction of sp³-hybridized carbons (Fsp3) is 0.333. The highest BCUT2D eigenvalue weighted by molar-refractivity contribution is 7.92. The number of anilines is 3. The number of rotatable bonds is 8. The zero-order chi connectivity index (χ0) is 18.4. The van der Waals surface area contributed by atoms with Crippen LogP contribution in [0.5, 0.6) is 5.75 Å². The summed E-state index contributed by atoms with van der Waals surface area (Å²) in [6, 6.07) is 11.5. The van der Waals surface area contributed by atoms with Crippen molar-refractivity contribution in [2.75, 3.05) is 35.1 Å². The molecule has 0 atom stereocenters. The first-order valence-electron chi connectivity index (χ1n) is 8.31. The zero-order valence-electron chi connectivity index (χ0n) is 14.8. The van der Waals surface area contributed by atoms with Gasteiger partial charge in [0.25, 0.3) is 10.0 Å². The Kier molecular flexibility index (Phi) is 6.14. The van der Waals surface area contributed by atoms with Gasteiger partial charge in [0, 0.05) is 30.5 Å². The van der Waals surface area contributed by atoms with Gasteiger partial charge < -0.3 is 15.4 Å². The van der Waals surface area contributed by atoms with E-state index in [9.17, 15) is 8.42 Å². The largest absolute Gasteiger partial charge is 0.492 e. The molecule has 0 bridgehead atoms. The molecule has 0 saturated heterocycles. The number of hydrogen-bond donors (Lipinski definition) is 2. The van der Waals surface area contributed by atoms with Crippen LogP contribution < -0.4 is 20.1 Å². The van der Waals surface area contributed by atoms with Gasteiger partial charge in [0.15, 0.2) is 0 Å². The summed E-state index contributed by atoms with van der Waals surface area (Å²) < 4.78 is 33.4. The first-order valence-corrected chi connectivity index (χ1v) is 9.79. The highest BCUT2D eigenvalue weighted by atomic mass is 32.2. The zero-order valence-corrected chi connectivity index (χ0v) is 15.6. The predicted molar refractivity (Wildman–Crippen MR) is 103 cm³/mol. The lowest BCUT2D eigenvalue weighted by molar-refractivity contribution is 0.342. The summed E-state index contributed by atoms with van der Waals surface area (Å²) in [7, 11) is -3.71. The van der Waals surface area contributed by atoms with E-state index in [4.69, 9.17) is 10.5 Å². The molecule has 0 aliphatic carbocycles. The van der Waals surface area contributed by atoms with Crippen molar-refractivity contribution in [2.24, 2.45) is 0 Å². The van der Waals surface area contributed by atoms with E-state index in [2.05, 4.69) is 23.5 Å². The summed E-state index contributed by atoms with van der Waals surface area (Å²) in [5.41, 5.74) is 7.53. The van der Waals surface area contributed by atoms with Crippen LogP contribution in [0.25, 0.3) is 0 Å². The quantitative estimate of drug-likeness (QED) is 0.703. The standard InChI is InChI=1S/C18H25N3O3S/c1-4-21(5-2)15-9-12-17(18(13-15)24-6-3)20-25(22,23)16-10-7-14(19)8-11-16/h7-13,20H,4-6,19H2,1-3H3. The number of nitrogens with two attached hydrogens (primary N) is 1. The van der Waals surface area contributed by atoms with Crippen LogP contribution in [0.2, 0.25) is 0 Å². The number of nitrogens with zero attached hydrogens (tertiary/aromatic N) is 1. The van der Waals surface area contributed by atoms with E-state index in [1.807, 2.05) is 19.1 Å². The molecule has 2 aromatic rings. The average Bonchev–Trinajstić information content (AvgIpc) is 2.58. The van der Waals surface area contributed by atoms with Crippen LogP contribution in [0, 0.1) is 0 Å². The van der Waals surface area contributed by atoms with Gasteiger partial charge in [-0.15, -0.1) is 0 Å². The Morgan fingerprint density at radius 3 is 2.24 bits per heavy atom. The Bertz CT molecular complexity index is 801. The lowest BCUT2D eigenvalue weighted by Crippen LogP contribution is -2.22. The predicted octanol–water partition coefficient (Wildman–Crippen LogP) is 3.31. The number of nitrogens with one attached hydrogen (secondary N) is 1. The number of benzene rings is 2. The van der Waals surface area contributed by atoms with Gasteiger partial charge in [-0.25, -0.2) is 8.42 Å². The van der Waals surface area contributed by atoms with Crippen molar-refractivity contribution < 1.29 is 13.2 Å². The van der Waals surface area contributed by atoms with Crippen LogP contribution in [0.4, 0.5) is 17.1 Å². The minimum atomic E-state index is -3.71. The molecule has 25 heavy (non-hydrogen) atoms. The fourth-order valence-corrected chi connectivity index (χ4v) is 3.58. The molecule has 0 fully saturated rings. The molecule has 2 aromatic carbocycles. The molecule has 0 heterocycles. The Balaban J connectivity index is 2.36. The van der Waals surface area contributed by atoms with Crippen molar-refractivity contribution in [3.05, 3.63) is 42.5 Å². The SMILES string of the molecule is CCOc1cc(N(CC)CC)ccc1NS(=O)(=O)c1ccc(N)cc1. The Hall–Kier alpha value is -2.41. The third-order valence-corrected chi connectivity index (χ3v) is 5.21. The Morgan fingerprint density at radius 1 is 1.04 bits per heavy atom. The number of ether oxygens (including phenoxy) is 1. The normalized spacial score (nSPS) is 11.2. The second-order valence-electron chi connectivity index (χ2n) is 5.46. The molecular weight excluding hydrogens is 338 g/mol. The summed E-state index contributed by atoms with van der Waals surface area (Å²) in [4.78, 5) is 2.32. The van der Waals surface area contributed by atoms with E-state index in [1.54, 1.807) is 18.2 Å². The van der Waals surface area contributed by atoms with Crippen LogP contribution in [-0.2, 0) is 10.0 Å². The van der Waals surface area contributed by atoms with E-state index in [0.717, 1.165) is 18.8 Å². The lowest BCUT2D eigenvalue weighted by atomic mass is 10.2. The molecule has 0 aliphatic rings. The number of hydrogen-bond acceptors (Lipinski definition) is 5. The highest BCUT2D eigenvalue weighted by Gasteiger charge is 2.17. The Labute approximate surface area is 149 Å². The minimum absolute atomic E-state index is 0.150. The van der Waals surface area contributed by atoms with Crippen LogP contribution in [-0.4, -0.2) is 28.1 Å². The minimum Gasteiger partial charge on any atom is -0.492 e. The molecule has 7 heteroatoms. The monoisotopic (exact) mass is 363 g/mol. The average molecular weight is 363 g/mol. The molecule has 3 N–H and O–H groups in total. The number of nitrogen functional groups attached to an aromatic ring is 1. The van der Waals surface area contributed by atoms with E-state index in [1.165, 1.54) is 12.1 Å². The first-order chi connectivity index (χ1) is 11.9. The second-order valence-corrected chi connectivity index (χ2v) is 7.14. The topological polar surface area (TPSA) is 84.7 Å². The summed E-state index contributed by atoms with van der Waals surface area (Å²) in [5, 5.41) is 0. The Morgan fingerprint density at radius 2 is 1.68 bits per heavy atom. The second kappa shape index (κ2) is 8.11. The van der Waals surface area contributed by atoms with Gasteiger partial charge in [0.2, 0.25) is 0 Å². The third kappa shape index (κ3) is 4.57. The van der Waals surface area contributed by atoms with Crippen molar-refractivity contribution in [1.82, 2.24) is 0 Å². The molecule has 0 radical (unpaired) electrons. The fourth-order valence-electron chi connectivity index (χ4n) is 2.51. The van der Waals surface area contributed by atoms with E-state index in [-0.39, 0.29) is 4.90 Å². The molecule has 0 amide bonds. The highest BCUT2D eigenvalue weighted by Crippen LogP contribution is 2.32. The molecule has 2 rings (SSSR count). The van der Waals surface area contributed by atoms with Crippen molar-refractivity contribution in [3.8, 4) is 5.75 Å². The maximum Gasteiger partial charge on any atom is 0.262 e. The van der Waals surface area contributed by atoms with Crippen molar-refractivity contribution in [2.45, 2.75) is 25.7 Å².